The number of dihydropyridines is 2. The Hall–Kier alpha value is -3.46. The first-order valence-electron chi connectivity index (χ1n) is 13.7. The Morgan fingerprint density at radius 3 is 2.69 bits per heavy atom. The number of rotatable bonds is 5. The Kier molecular flexibility index (Phi) is 7.13. The van der Waals surface area contributed by atoms with Crippen LogP contribution in [0.5, 0.6) is 0 Å². The largest absolute Gasteiger partial charge is 0.476 e. The molecule has 5 aliphatic rings. The zero-order valence-corrected chi connectivity index (χ0v) is 23.8. The van der Waals surface area contributed by atoms with Gasteiger partial charge in [0.05, 0.1) is 30.3 Å². The molecule has 0 aromatic heterocycles. The van der Waals surface area contributed by atoms with Crippen LogP contribution in [-0.2, 0) is 14.3 Å². The Bertz CT molecular complexity index is 1280. The van der Waals surface area contributed by atoms with Crippen LogP contribution in [0.15, 0.2) is 68.0 Å². The summed E-state index contributed by atoms with van der Waals surface area (Å²) in [6.07, 6.45) is 13.2. The molecule has 2 amide bonds. The lowest BCUT2D eigenvalue weighted by Crippen LogP contribution is -2.41. The first-order valence-corrected chi connectivity index (χ1v) is 13.7. The number of nitrogens with zero attached hydrogens (tertiary/aromatic N) is 4. The van der Waals surface area contributed by atoms with Crippen LogP contribution in [0.3, 0.4) is 0 Å². The number of amides is 2. The average Bonchev–Trinajstić information content (AvgIpc) is 3.08. The standard InChI is InChI=1S/C30H39N5O4/c1-29(2,3)39-28(37)33-23-16-20(17-32-26(23)38-14-8-13-34(4)5)19-9-10-22-21(15-19)25-24(18-31-22)35(6)27(36)30(25)11-7-12-30/h9-10,15-16,18,22H,7-8,11-14,17H2,1-6H3,(H,33,37). The van der Waals surface area contributed by atoms with Crippen molar-refractivity contribution in [3.63, 3.8) is 0 Å². The molecule has 0 aromatic carbocycles. The third kappa shape index (κ3) is 5.24. The fraction of sp³-hybridized carbons (Fsp3) is 0.533. The molecule has 39 heavy (non-hydrogen) atoms. The van der Waals surface area contributed by atoms with Crippen LogP contribution in [-0.4, -0.2) is 86.4 Å². The molecule has 3 heterocycles. The van der Waals surface area contributed by atoms with E-state index in [1.54, 1.807) is 4.90 Å². The van der Waals surface area contributed by atoms with Crippen LogP contribution in [0, 0.1) is 5.41 Å². The molecule has 1 spiro atoms. The van der Waals surface area contributed by atoms with Crippen molar-refractivity contribution in [1.82, 2.24) is 15.1 Å². The van der Waals surface area contributed by atoms with Gasteiger partial charge in [0, 0.05) is 19.8 Å². The van der Waals surface area contributed by atoms with E-state index in [0.29, 0.717) is 24.7 Å². The van der Waals surface area contributed by atoms with E-state index in [4.69, 9.17) is 19.5 Å². The number of aliphatic imine (C=N–C) groups is 2. The van der Waals surface area contributed by atoms with Crippen LogP contribution in [0.4, 0.5) is 4.79 Å². The lowest BCUT2D eigenvalue weighted by molar-refractivity contribution is -0.137. The van der Waals surface area contributed by atoms with Gasteiger partial charge in [-0.2, -0.15) is 0 Å². The van der Waals surface area contributed by atoms with E-state index in [1.165, 1.54) is 0 Å². The Morgan fingerprint density at radius 2 is 2.03 bits per heavy atom. The molecule has 3 aliphatic heterocycles. The molecule has 1 saturated carbocycles. The molecule has 0 saturated heterocycles. The van der Waals surface area contributed by atoms with Crippen molar-refractivity contribution < 1.29 is 19.1 Å². The van der Waals surface area contributed by atoms with Gasteiger partial charge in [-0.1, -0.05) is 18.6 Å². The molecule has 2 aliphatic carbocycles. The highest BCUT2D eigenvalue weighted by Crippen LogP contribution is 2.57. The van der Waals surface area contributed by atoms with E-state index in [1.807, 2.05) is 54.2 Å². The second kappa shape index (κ2) is 10.3. The predicted molar refractivity (Wildman–Crippen MR) is 151 cm³/mol. The highest BCUT2D eigenvalue weighted by atomic mass is 16.6. The fourth-order valence-corrected chi connectivity index (χ4v) is 5.69. The number of carbonyl (C=O) groups excluding carboxylic acids is 2. The summed E-state index contributed by atoms with van der Waals surface area (Å²) in [7, 11) is 5.89. The number of hydrogen-bond acceptors (Lipinski definition) is 7. The number of nitrogens with one attached hydrogen (secondary N) is 1. The van der Waals surface area contributed by atoms with Crippen molar-refractivity contribution in [3.05, 3.63) is 58.0 Å². The van der Waals surface area contributed by atoms with Crippen molar-refractivity contribution in [2.45, 2.75) is 58.1 Å². The second-order valence-electron chi connectivity index (χ2n) is 12.0. The van der Waals surface area contributed by atoms with Gasteiger partial charge < -0.3 is 19.3 Å². The molecule has 0 aromatic rings. The molecule has 5 rings (SSSR count). The first kappa shape index (κ1) is 27.1. The van der Waals surface area contributed by atoms with Crippen LogP contribution < -0.4 is 5.32 Å². The summed E-state index contributed by atoms with van der Waals surface area (Å²) in [5.41, 5.74) is 4.49. The van der Waals surface area contributed by atoms with Gasteiger partial charge in [0.15, 0.2) is 0 Å². The monoisotopic (exact) mass is 533 g/mol. The number of hydrogen-bond donors (Lipinski definition) is 1. The highest BCUT2D eigenvalue weighted by molar-refractivity contribution is 6.03. The fourth-order valence-electron chi connectivity index (χ4n) is 5.69. The van der Waals surface area contributed by atoms with E-state index in [-0.39, 0.29) is 11.9 Å². The number of alkyl carbamates (subject to hydrolysis) is 1. The maximum atomic E-state index is 13.2. The van der Waals surface area contributed by atoms with Crippen molar-refractivity contribution >= 4 is 24.1 Å². The molecule has 1 atom stereocenters. The van der Waals surface area contributed by atoms with Gasteiger partial charge in [0.1, 0.15) is 11.3 Å². The summed E-state index contributed by atoms with van der Waals surface area (Å²) < 4.78 is 11.5. The van der Waals surface area contributed by atoms with E-state index in [0.717, 1.165) is 60.2 Å². The lowest BCUT2D eigenvalue weighted by atomic mass is 9.61. The van der Waals surface area contributed by atoms with E-state index < -0.39 is 17.1 Å². The zero-order valence-electron chi connectivity index (χ0n) is 23.8. The van der Waals surface area contributed by atoms with Gasteiger partial charge in [-0.25, -0.2) is 9.79 Å². The van der Waals surface area contributed by atoms with Gasteiger partial charge >= 0.3 is 6.09 Å². The zero-order chi connectivity index (χ0) is 27.9. The molecule has 1 unspecified atom stereocenters. The first-order chi connectivity index (χ1) is 18.5. The highest BCUT2D eigenvalue weighted by Gasteiger charge is 2.56. The normalized spacial score (nSPS) is 25.2. The van der Waals surface area contributed by atoms with Crippen molar-refractivity contribution in [2.75, 3.05) is 40.8 Å². The van der Waals surface area contributed by atoms with Crippen LogP contribution >= 0.6 is 0 Å². The lowest BCUT2D eigenvalue weighted by Gasteiger charge is -2.40. The molecule has 0 radical (unpaired) electrons. The van der Waals surface area contributed by atoms with Gasteiger partial charge in [-0.15, -0.1) is 0 Å². The summed E-state index contributed by atoms with van der Waals surface area (Å²) in [6.45, 7) is 7.27. The molecule has 1 fully saturated rings. The van der Waals surface area contributed by atoms with Gasteiger partial charge in [0.25, 0.3) is 0 Å². The smallest absolute Gasteiger partial charge is 0.412 e. The maximum Gasteiger partial charge on any atom is 0.412 e. The Morgan fingerprint density at radius 1 is 1.26 bits per heavy atom. The van der Waals surface area contributed by atoms with E-state index in [2.05, 4.69) is 28.4 Å². The third-order valence-electron chi connectivity index (χ3n) is 7.69. The van der Waals surface area contributed by atoms with Crippen molar-refractivity contribution in [3.8, 4) is 0 Å². The molecule has 0 bridgehead atoms. The molecule has 9 nitrogen and oxygen atoms in total. The number of carbonyl (C=O) groups is 2. The number of fused-ring (bicyclic) bond motifs is 3. The second-order valence-corrected chi connectivity index (χ2v) is 12.0. The van der Waals surface area contributed by atoms with Crippen molar-refractivity contribution in [2.24, 2.45) is 15.4 Å². The summed E-state index contributed by atoms with van der Waals surface area (Å²) >= 11 is 0. The topological polar surface area (TPSA) is 95.8 Å². The van der Waals surface area contributed by atoms with Crippen LogP contribution in [0.25, 0.3) is 0 Å². The van der Waals surface area contributed by atoms with Gasteiger partial charge in [-0.3, -0.25) is 15.1 Å². The third-order valence-corrected chi connectivity index (χ3v) is 7.69. The molecular weight excluding hydrogens is 494 g/mol. The Labute approximate surface area is 230 Å². The van der Waals surface area contributed by atoms with Gasteiger partial charge in [0.2, 0.25) is 11.8 Å². The maximum absolute atomic E-state index is 13.2. The average molecular weight is 534 g/mol. The number of allylic oxidation sites excluding steroid dienone is 4. The molecule has 9 heteroatoms. The summed E-state index contributed by atoms with van der Waals surface area (Å²) in [5.74, 6) is 0.579. The van der Waals surface area contributed by atoms with E-state index in [9.17, 15) is 9.59 Å². The SMILES string of the molecule is CN(C)CCCOC1=NCC(=C2C=CC3N=CC4=C(C3=C2)C2(CCC2)C(=O)N4C)C=C1NC(=O)OC(C)(C)C. The minimum absolute atomic E-state index is 0.101. The van der Waals surface area contributed by atoms with Crippen LogP contribution in [0.2, 0.25) is 0 Å². The summed E-state index contributed by atoms with van der Waals surface area (Å²) in [6, 6.07) is -0.101. The molecule has 208 valence electrons. The molecule has 1 N–H and O–H groups in total. The minimum Gasteiger partial charge on any atom is -0.476 e. The Balaban J connectivity index is 1.45. The number of ether oxygens (including phenoxy) is 2. The van der Waals surface area contributed by atoms with Crippen LogP contribution in [0.1, 0.15) is 46.5 Å². The summed E-state index contributed by atoms with van der Waals surface area (Å²) in [4.78, 5) is 39.2. The van der Waals surface area contributed by atoms with Crippen molar-refractivity contribution in [1.29, 1.82) is 0 Å². The van der Waals surface area contributed by atoms with Gasteiger partial charge in [-0.05, 0) is 88.6 Å². The minimum atomic E-state index is -0.633. The quantitative estimate of drug-likeness (QED) is 0.541. The van der Waals surface area contributed by atoms with E-state index >= 15 is 0 Å². The summed E-state index contributed by atoms with van der Waals surface area (Å²) in [5, 5.41) is 2.85. The molecular formula is C30H39N5O4. The predicted octanol–water partition coefficient (Wildman–Crippen LogP) is 3.92.